The topological polar surface area (TPSA) is 38.1 Å². The van der Waals surface area contributed by atoms with Crippen molar-refractivity contribution in [2.24, 2.45) is 5.92 Å². The van der Waals surface area contributed by atoms with Crippen LogP contribution in [0.3, 0.4) is 0 Å². The van der Waals surface area contributed by atoms with Gasteiger partial charge in [0.25, 0.3) is 5.56 Å². The molecule has 5 heteroatoms. The number of aromatic nitrogens is 2. The lowest BCUT2D eigenvalue weighted by atomic mass is 10.1. The molecule has 1 atom stereocenters. The molecule has 0 saturated carbocycles. The third kappa shape index (κ3) is 5.35. The third-order valence-electron chi connectivity index (χ3n) is 3.29. The van der Waals surface area contributed by atoms with Crippen LogP contribution in [0, 0.1) is 5.92 Å². The highest BCUT2D eigenvalue weighted by atomic mass is 79.9. The van der Waals surface area contributed by atoms with Crippen LogP contribution in [0.15, 0.2) is 17.1 Å². The molecule has 19 heavy (non-hydrogen) atoms. The highest BCUT2D eigenvalue weighted by Gasteiger charge is 2.06. The maximum Gasteiger partial charge on any atom is 0.268 e. The van der Waals surface area contributed by atoms with Gasteiger partial charge in [-0.25, -0.2) is 4.68 Å². The van der Waals surface area contributed by atoms with Crippen molar-refractivity contribution in [1.29, 1.82) is 0 Å². The van der Waals surface area contributed by atoms with Gasteiger partial charge in [0.15, 0.2) is 0 Å². The van der Waals surface area contributed by atoms with E-state index in [9.17, 15) is 4.79 Å². The molecule has 0 saturated heterocycles. The molecule has 0 bridgehead atoms. The van der Waals surface area contributed by atoms with E-state index in [2.05, 4.69) is 39.8 Å². The van der Waals surface area contributed by atoms with Gasteiger partial charge in [-0.3, -0.25) is 4.79 Å². The summed E-state index contributed by atoms with van der Waals surface area (Å²) in [6.45, 7) is 5.96. The van der Waals surface area contributed by atoms with Gasteiger partial charge in [-0.05, 0) is 25.2 Å². The van der Waals surface area contributed by atoms with E-state index in [1.807, 2.05) is 7.05 Å². The number of hydrogen-bond acceptors (Lipinski definition) is 3. The molecule has 1 aromatic heterocycles. The molecule has 0 fully saturated rings. The summed E-state index contributed by atoms with van der Waals surface area (Å²) in [5.74, 6) is 0.607. The Bertz CT molecular complexity index is 433. The third-order valence-corrected chi connectivity index (χ3v) is 3.75. The first-order chi connectivity index (χ1) is 9.08. The number of anilines is 1. The van der Waals surface area contributed by atoms with E-state index in [0.717, 1.165) is 36.8 Å². The molecule has 0 aromatic carbocycles. The van der Waals surface area contributed by atoms with E-state index in [0.29, 0.717) is 12.5 Å². The number of alkyl halides is 1. The molecule has 0 aliphatic heterocycles. The molecule has 0 spiro atoms. The van der Waals surface area contributed by atoms with Crippen molar-refractivity contribution >= 4 is 21.6 Å². The maximum atomic E-state index is 12.0. The van der Waals surface area contributed by atoms with E-state index >= 15 is 0 Å². The summed E-state index contributed by atoms with van der Waals surface area (Å²) >= 11 is 3.44. The average molecular weight is 330 g/mol. The largest absolute Gasteiger partial charge is 0.373 e. The maximum absolute atomic E-state index is 12.0. The number of halogens is 1. The summed E-state index contributed by atoms with van der Waals surface area (Å²) in [5, 5.41) is 5.28. The van der Waals surface area contributed by atoms with E-state index in [4.69, 9.17) is 0 Å². The molecule has 4 nitrogen and oxygen atoms in total. The molecule has 108 valence electrons. The normalized spacial score (nSPS) is 12.4. The van der Waals surface area contributed by atoms with Gasteiger partial charge >= 0.3 is 0 Å². The molecule has 0 radical (unpaired) electrons. The van der Waals surface area contributed by atoms with Crippen molar-refractivity contribution in [2.75, 3.05) is 23.8 Å². The quantitative estimate of drug-likeness (QED) is 0.688. The minimum Gasteiger partial charge on any atom is -0.373 e. The van der Waals surface area contributed by atoms with Crippen LogP contribution in [-0.4, -0.2) is 28.7 Å². The lowest BCUT2D eigenvalue weighted by Crippen LogP contribution is -2.26. The molecular formula is C14H24BrN3O. The van der Waals surface area contributed by atoms with Crippen LogP contribution in [0.25, 0.3) is 0 Å². The second kappa shape index (κ2) is 8.35. The van der Waals surface area contributed by atoms with Crippen LogP contribution in [-0.2, 0) is 6.54 Å². The van der Waals surface area contributed by atoms with Crippen molar-refractivity contribution < 1.29 is 0 Å². The zero-order valence-corrected chi connectivity index (χ0v) is 13.7. The minimum absolute atomic E-state index is 0.00787. The number of rotatable bonds is 8. The minimum atomic E-state index is -0.00787. The molecule has 0 aliphatic rings. The second-order valence-electron chi connectivity index (χ2n) is 5.07. The molecular weight excluding hydrogens is 306 g/mol. The Morgan fingerprint density at radius 2 is 2.21 bits per heavy atom. The molecule has 0 N–H and O–H groups in total. The van der Waals surface area contributed by atoms with Crippen molar-refractivity contribution in [3.63, 3.8) is 0 Å². The lowest BCUT2D eigenvalue weighted by molar-refractivity contribution is 0.440. The average Bonchev–Trinajstić information content (AvgIpc) is 2.38. The summed E-state index contributed by atoms with van der Waals surface area (Å²) in [5.41, 5.74) is 0.892. The van der Waals surface area contributed by atoms with Gasteiger partial charge < -0.3 is 4.90 Å². The zero-order chi connectivity index (χ0) is 14.3. The molecule has 0 amide bonds. The van der Waals surface area contributed by atoms with Crippen LogP contribution in [0.2, 0.25) is 0 Å². The van der Waals surface area contributed by atoms with Gasteiger partial charge in [-0.2, -0.15) is 5.10 Å². The summed E-state index contributed by atoms with van der Waals surface area (Å²) in [6.07, 6.45) is 4.96. The number of hydrogen-bond donors (Lipinski definition) is 0. The van der Waals surface area contributed by atoms with Crippen LogP contribution in [0.5, 0.6) is 0 Å². The fourth-order valence-electron chi connectivity index (χ4n) is 1.94. The Morgan fingerprint density at radius 3 is 2.79 bits per heavy atom. The monoisotopic (exact) mass is 329 g/mol. The molecule has 1 rings (SSSR count). The summed E-state index contributed by atoms with van der Waals surface area (Å²) in [6, 6.07) is 1.68. The van der Waals surface area contributed by atoms with Crippen LogP contribution < -0.4 is 10.5 Å². The smallest absolute Gasteiger partial charge is 0.268 e. The predicted molar refractivity (Wildman–Crippen MR) is 84.3 cm³/mol. The Labute approximate surface area is 123 Å². The van der Waals surface area contributed by atoms with E-state index in [1.54, 1.807) is 16.9 Å². The molecule has 0 aliphatic carbocycles. The highest BCUT2D eigenvalue weighted by Crippen LogP contribution is 2.11. The van der Waals surface area contributed by atoms with E-state index in [1.165, 1.54) is 0 Å². The second-order valence-corrected chi connectivity index (χ2v) is 5.86. The first-order valence-electron chi connectivity index (χ1n) is 6.92. The molecule has 1 aromatic rings. The van der Waals surface area contributed by atoms with E-state index in [-0.39, 0.29) is 5.56 Å². The SMILES string of the molecule is CCCN(C)c1cnn(CCC(C)CCBr)c(=O)c1. The standard InChI is InChI=1S/C14H24BrN3O/c1-4-8-17(3)13-10-14(19)18(16-11-13)9-6-12(2)5-7-15/h10-12H,4-9H2,1-3H3. The Hall–Kier alpha value is -0.840. The number of nitrogens with zero attached hydrogens (tertiary/aromatic N) is 3. The number of aryl methyl sites for hydroxylation is 1. The van der Waals surface area contributed by atoms with E-state index < -0.39 is 0 Å². The molecule has 1 heterocycles. The first kappa shape index (κ1) is 16.2. The summed E-state index contributed by atoms with van der Waals surface area (Å²) < 4.78 is 1.56. The van der Waals surface area contributed by atoms with Gasteiger partial charge in [0.2, 0.25) is 0 Å². The predicted octanol–water partition coefficient (Wildman–Crippen LogP) is 2.90. The Morgan fingerprint density at radius 1 is 1.47 bits per heavy atom. The van der Waals surface area contributed by atoms with Crippen LogP contribution >= 0.6 is 15.9 Å². The van der Waals surface area contributed by atoms with Gasteiger partial charge in [0.05, 0.1) is 11.9 Å². The Kier molecular flexibility index (Phi) is 7.13. The van der Waals surface area contributed by atoms with Gasteiger partial charge in [-0.15, -0.1) is 0 Å². The van der Waals surface area contributed by atoms with Gasteiger partial charge in [0.1, 0.15) is 0 Å². The van der Waals surface area contributed by atoms with Crippen molar-refractivity contribution in [1.82, 2.24) is 9.78 Å². The van der Waals surface area contributed by atoms with Crippen LogP contribution in [0.4, 0.5) is 5.69 Å². The highest BCUT2D eigenvalue weighted by molar-refractivity contribution is 9.09. The fraction of sp³-hybridized carbons (Fsp3) is 0.714. The lowest BCUT2D eigenvalue weighted by Gasteiger charge is -2.18. The summed E-state index contributed by atoms with van der Waals surface area (Å²) in [7, 11) is 1.99. The van der Waals surface area contributed by atoms with Gasteiger partial charge in [-0.1, -0.05) is 29.8 Å². The zero-order valence-electron chi connectivity index (χ0n) is 12.1. The fourth-order valence-corrected chi connectivity index (χ4v) is 2.72. The summed E-state index contributed by atoms with van der Waals surface area (Å²) in [4.78, 5) is 14.0. The van der Waals surface area contributed by atoms with Crippen LogP contribution in [0.1, 0.15) is 33.1 Å². The Balaban J connectivity index is 2.64. The molecule has 1 unspecified atom stereocenters. The first-order valence-corrected chi connectivity index (χ1v) is 8.04. The van der Waals surface area contributed by atoms with Crippen molar-refractivity contribution in [3.05, 3.63) is 22.6 Å². The van der Waals surface area contributed by atoms with Crippen molar-refractivity contribution in [2.45, 2.75) is 39.7 Å². The van der Waals surface area contributed by atoms with Crippen molar-refractivity contribution in [3.8, 4) is 0 Å². The van der Waals surface area contributed by atoms with Gasteiger partial charge in [0, 0.05) is 31.5 Å².